The predicted molar refractivity (Wildman–Crippen MR) is 80.2 cm³/mol. The molecule has 2 aromatic carbocycles. The van der Waals surface area contributed by atoms with Crippen molar-refractivity contribution in [1.29, 1.82) is 0 Å². The first-order valence-corrected chi connectivity index (χ1v) is 6.96. The average Bonchev–Trinajstić information content (AvgIpc) is 3.05. The predicted octanol–water partition coefficient (Wildman–Crippen LogP) is 4.54. The van der Waals surface area contributed by atoms with Crippen molar-refractivity contribution in [3.8, 4) is 11.1 Å². The zero-order valence-electron chi connectivity index (χ0n) is 10.8. The van der Waals surface area contributed by atoms with E-state index in [2.05, 4.69) is 66.8 Å². The van der Waals surface area contributed by atoms with Crippen LogP contribution in [0.4, 0.5) is 0 Å². The molecule has 0 saturated heterocycles. The van der Waals surface area contributed by atoms with Crippen LogP contribution in [0.5, 0.6) is 0 Å². The molecule has 0 N–H and O–H groups in total. The van der Waals surface area contributed by atoms with Crippen LogP contribution >= 0.6 is 0 Å². The Hall–Kier alpha value is -2.08. The molecule has 0 heterocycles. The lowest BCUT2D eigenvalue weighted by atomic mass is 9.92. The Morgan fingerprint density at radius 2 is 1.63 bits per heavy atom. The highest BCUT2D eigenvalue weighted by Gasteiger charge is 2.21. The molecule has 0 spiro atoms. The lowest BCUT2D eigenvalue weighted by Gasteiger charge is -2.12. The molecular weight excluding hydrogens is 228 g/mol. The van der Waals surface area contributed by atoms with E-state index >= 15 is 0 Å². The summed E-state index contributed by atoms with van der Waals surface area (Å²) in [5.74, 6) is 0.569. The molecule has 2 aliphatic carbocycles. The van der Waals surface area contributed by atoms with Crippen LogP contribution in [-0.2, 0) is 12.8 Å². The van der Waals surface area contributed by atoms with Crippen molar-refractivity contribution in [1.82, 2.24) is 0 Å². The summed E-state index contributed by atoms with van der Waals surface area (Å²) in [5.41, 5.74) is 7.39. The van der Waals surface area contributed by atoms with Crippen LogP contribution in [0.2, 0.25) is 0 Å². The molecule has 0 aliphatic heterocycles. The Morgan fingerprint density at radius 3 is 2.53 bits per heavy atom. The van der Waals surface area contributed by atoms with E-state index in [1.165, 1.54) is 27.8 Å². The maximum atomic E-state index is 2.29. The van der Waals surface area contributed by atoms with Gasteiger partial charge in [-0.2, -0.15) is 0 Å². The second-order valence-corrected chi connectivity index (χ2v) is 5.42. The summed E-state index contributed by atoms with van der Waals surface area (Å²) < 4.78 is 0. The van der Waals surface area contributed by atoms with Crippen LogP contribution in [0, 0.1) is 5.92 Å². The third-order valence-electron chi connectivity index (χ3n) is 4.19. The van der Waals surface area contributed by atoms with Gasteiger partial charge in [0.2, 0.25) is 0 Å². The average molecular weight is 244 g/mol. The quantitative estimate of drug-likeness (QED) is 0.620. The third-order valence-corrected chi connectivity index (χ3v) is 4.19. The summed E-state index contributed by atoms with van der Waals surface area (Å²) >= 11 is 0. The van der Waals surface area contributed by atoms with Crippen molar-refractivity contribution >= 4 is 0 Å². The standard InChI is InChI=1S/C19H16/c1-2-7-14(6-1)12-16-9-5-10-17-13-15-8-3-4-11-18(15)19(16)17/h1-11,14H,12-13H2. The van der Waals surface area contributed by atoms with E-state index < -0.39 is 0 Å². The lowest BCUT2D eigenvalue weighted by Crippen LogP contribution is -1.98. The molecule has 0 atom stereocenters. The maximum Gasteiger partial charge on any atom is -0.000661 e. The summed E-state index contributed by atoms with van der Waals surface area (Å²) in [6.45, 7) is 0. The Morgan fingerprint density at radius 1 is 0.842 bits per heavy atom. The molecule has 0 nitrogen and oxygen atoms in total. The van der Waals surface area contributed by atoms with Crippen LogP contribution in [0.3, 0.4) is 0 Å². The Kier molecular flexibility index (Phi) is 2.41. The SMILES string of the molecule is C1=CC(Cc2cccc3c2-c2ccccc2C3)C=C1. The molecule has 2 aliphatic rings. The lowest BCUT2D eigenvalue weighted by molar-refractivity contribution is 0.817. The van der Waals surface area contributed by atoms with Crippen molar-refractivity contribution in [3.05, 3.63) is 83.5 Å². The van der Waals surface area contributed by atoms with Crippen molar-refractivity contribution < 1.29 is 0 Å². The molecular formula is C19H16. The molecule has 92 valence electrons. The number of rotatable bonds is 2. The van der Waals surface area contributed by atoms with Crippen LogP contribution in [0.15, 0.2) is 66.8 Å². The minimum Gasteiger partial charge on any atom is -0.0773 e. The number of hydrogen-bond acceptors (Lipinski definition) is 0. The highest BCUT2D eigenvalue weighted by atomic mass is 14.2. The molecule has 0 bridgehead atoms. The highest BCUT2D eigenvalue weighted by Crippen LogP contribution is 2.39. The second kappa shape index (κ2) is 4.24. The molecule has 0 amide bonds. The second-order valence-electron chi connectivity index (χ2n) is 5.42. The van der Waals surface area contributed by atoms with E-state index in [9.17, 15) is 0 Å². The van der Waals surface area contributed by atoms with Crippen LogP contribution in [0.1, 0.15) is 16.7 Å². The summed E-state index contributed by atoms with van der Waals surface area (Å²) in [7, 11) is 0. The van der Waals surface area contributed by atoms with Gasteiger partial charge in [-0.1, -0.05) is 66.8 Å². The monoisotopic (exact) mass is 244 g/mol. The van der Waals surface area contributed by atoms with Crippen LogP contribution < -0.4 is 0 Å². The van der Waals surface area contributed by atoms with Crippen LogP contribution in [-0.4, -0.2) is 0 Å². The molecule has 0 fully saturated rings. The van der Waals surface area contributed by atoms with Crippen molar-refractivity contribution in [2.75, 3.05) is 0 Å². The minimum absolute atomic E-state index is 0.569. The van der Waals surface area contributed by atoms with Gasteiger partial charge in [0.1, 0.15) is 0 Å². The van der Waals surface area contributed by atoms with E-state index in [-0.39, 0.29) is 0 Å². The molecule has 0 saturated carbocycles. The Bertz CT molecular complexity index is 677. The van der Waals surface area contributed by atoms with Gasteiger partial charge in [-0.3, -0.25) is 0 Å². The zero-order chi connectivity index (χ0) is 12.7. The Labute approximate surface area is 114 Å². The van der Waals surface area contributed by atoms with Gasteiger partial charge in [-0.25, -0.2) is 0 Å². The fourth-order valence-electron chi connectivity index (χ4n) is 3.31. The van der Waals surface area contributed by atoms with Gasteiger partial charge in [-0.05, 0) is 46.6 Å². The third kappa shape index (κ3) is 1.76. The van der Waals surface area contributed by atoms with Crippen molar-refractivity contribution in [2.45, 2.75) is 12.8 Å². The number of fused-ring (bicyclic) bond motifs is 3. The molecule has 4 rings (SSSR count). The van der Waals surface area contributed by atoms with Gasteiger partial charge < -0.3 is 0 Å². The summed E-state index contributed by atoms with van der Waals surface area (Å²) in [6.07, 6.45) is 11.1. The van der Waals surface area contributed by atoms with E-state index in [0.29, 0.717) is 5.92 Å². The largest absolute Gasteiger partial charge is 0.0773 e. The minimum atomic E-state index is 0.569. The van der Waals surface area contributed by atoms with Gasteiger partial charge in [0.15, 0.2) is 0 Å². The molecule has 0 radical (unpaired) electrons. The van der Waals surface area contributed by atoms with Crippen molar-refractivity contribution in [2.24, 2.45) is 5.92 Å². The van der Waals surface area contributed by atoms with E-state index in [1.807, 2.05) is 0 Å². The van der Waals surface area contributed by atoms with Crippen LogP contribution in [0.25, 0.3) is 11.1 Å². The fraction of sp³-hybridized carbons (Fsp3) is 0.158. The number of allylic oxidation sites excluding steroid dienone is 4. The summed E-state index contributed by atoms with van der Waals surface area (Å²) in [4.78, 5) is 0. The zero-order valence-corrected chi connectivity index (χ0v) is 10.8. The first-order valence-electron chi connectivity index (χ1n) is 6.96. The molecule has 0 aromatic heterocycles. The fourth-order valence-corrected chi connectivity index (χ4v) is 3.31. The highest BCUT2D eigenvalue weighted by molar-refractivity contribution is 5.79. The van der Waals surface area contributed by atoms with Gasteiger partial charge in [-0.15, -0.1) is 0 Å². The first-order chi connectivity index (χ1) is 9.42. The molecule has 0 unspecified atom stereocenters. The van der Waals surface area contributed by atoms with E-state index in [0.717, 1.165) is 12.8 Å². The number of hydrogen-bond donors (Lipinski definition) is 0. The molecule has 19 heavy (non-hydrogen) atoms. The molecule has 2 aromatic rings. The van der Waals surface area contributed by atoms with Gasteiger partial charge in [0.05, 0.1) is 0 Å². The maximum absolute atomic E-state index is 2.29. The van der Waals surface area contributed by atoms with Gasteiger partial charge in [0, 0.05) is 0 Å². The van der Waals surface area contributed by atoms with E-state index in [1.54, 1.807) is 0 Å². The summed E-state index contributed by atoms with van der Waals surface area (Å²) in [6, 6.07) is 15.6. The van der Waals surface area contributed by atoms with Gasteiger partial charge >= 0.3 is 0 Å². The normalized spacial score (nSPS) is 15.8. The molecule has 0 heteroatoms. The van der Waals surface area contributed by atoms with E-state index in [4.69, 9.17) is 0 Å². The Balaban J connectivity index is 1.81. The number of benzene rings is 2. The first kappa shape index (κ1) is 10.8. The van der Waals surface area contributed by atoms with Crippen molar-refractivity contribution in [3.63, 3.8) is 0 Å². The summed E-state index contributed by atoms with van der Waals surface area (Å²) in [5, 5.41) is 0. The smallest absolute Gasteiger partial charge is 0.000661 e. The van der Waals surface area contributed by atoms with Gasteiger partial charge in [0.25, 0.3) is 0 Å². The topological polar surface area (TPSA) is 0 Å².